The van der Waals surface area contributed by atoms with Gasteiger partial charge in [-0.25, -0.2) is 4.98 Å². The van der Waals surface area contributed by atoms with Crippen molar-refractivity contribution in [2.24, 2.45) is 5.73 Å². The monoisotopic (exact) mass is 265 g/mol. The molecular weight excluding hydrogens is 246 g/mol. The fourth-order valence-electron chi connectivity index (χ4n) is 1.86. The Balaban J connectivity index is 2.03. The molecule has 0 aromatic carbocycles. The van der Waals surface area contributed by atoms with Crippen LogP contribution < -0.4 is 5.73 Å². The highest BCUT2D eigenvalue weighted by Crippen LogP contribution is 2.21. The number of nitrogens with two attached hydrogens (primary N) is 1. The predicted molar refractivity (Wildman–Crippen MR) is 68.2 cm³/mol. The molecule has 0 bridgehead atoms. The Bertz CT molecular complexity index is 482. The molecule has 2 heterocycles. The van der Waals surface area contributed by atoms with Gasteiger partial charge in [-0.15, -0.1) is 0 Å². The van der Waals surface area contributed by atoms with E-state index in [1.54, 1.807) is 19.6 Å². The Morgan fingerprint density at radius 2 is 2.37 bits per heavy atom. The van der Waals surface area contributed by atoms with Crippen LogP contribution in [-0.4, -0.2) is 27.2 Å². The molecule has 0 saturated carbocycles. The van der Waals surface area contributed by atoms with Gasteiger partial charge in [0.2, 0.25) is 11.7 Å². The van der Waals surface area contributed by atoms with Gasteiger partial charge in [-0.05, 0) is 6.42 Å². The minimum Gasteiger partial charge on any atom is -0.373 e. The maximum Gasteiger partial charge on any atom is 0.244 e. The first-order chi connectivity index (χ1) is 9.24. The van der Waals surface area contributed by atoms with Crippen molar-refractivity contribution >= 4 is 0 Å². The summed E-state index contributed by atoms with van der Waals surface area (Å²) in [5.41, 5.74) is 6.96. The summed E-state index contributed by atoms with van der Waals surface area (Å²) < 4.78 is 10.5. The van der Waals surface area contributed by atoms with Gasteiger partial charge in [0.05, 0.1) is 12.4 Å². The van der Waals surface area contributed by atoms with E-state index in [4.69, 9.17) is 15.0 Å². The topological polar surface area (TPSA) is 103 Å². The summed E-state index contributed by atoms with van der Waals surface area (Å²) in [6.45, 7) is 2.08. The van der Waals surface area contributed by atoms with Crippen LogP contribution in [0.1, 0.15) is 49.3 Å². The number of hydrogen-bond donors (Lipinski definition) is 2. The van der Waals surface area contributed by atoms with Crippen LogP contribution in [0.25, 0.3) is 0 Å². The van der Waals surface area contributed by atoms with Crippen LogP contribution in [0.15, 0.2) is 17.0 Å². The summed E-state index contributed by atoms with van der Waals surface area (Å²) in [5.74, 6) is 0.974. The molecule has 0 amide bonds. The van der Waals surface area contributed by atoms with Gasteiger partial charge < -0.3 is 20.0 Å². The lowest BCUT2D eigenvalue weighted by Crippen LogP contribution is -2.14. The van der Waals surface area contributed by atoms with E-state index in [9.17, 15) is 0 Å². The molecule has 2 rings (SSSR count). The molecule has 0 radical (unpaired) electrons. The highest BCUT2D eigenvalue weighted by molar-refractivity contribution is 5.02. The third-order valence-electron chi connectivity index (χ3n) is 2.89. The van der Waals surface area contributed by atoms with E-state index in [2.05, 4.69) is 27.0 Å². The quantitative estimate of drug-likeness (QED) is 0.786. The van der Waals surface area contributed by atoms with Gasteiger partial charge in [-0.2, -0.15) is 4.98 Å². The van der Waals surface area contributed by atoms with E-state index in [1.807, 2.05) is 0 Å². The van der Waals surface area contributed by atoms with Crippen LogP contribution in [0.3, 0.4) is 0 Å². The number of H-pyrrole nitrogens is 1. The molecule has 2 aromatic heterocycles. The van der Waals surface area contributed by atoms with Crippen LogP contribution in [0.4, 0.5) is 0 Å². The van der Waals surface area contributed by atoms with Crippen molar-refractivity contribution in [1.82, 2.24) is 20.1 Å². The minimum atomic E-state index is -0.346. The van der Waals surface area contributed by atoms with E-state index in [-0.39, 0.29) is 12.1 Å². The Hall–Kier alpha value is -1.73. The fraction of sp³-hybridized carbons (Fsp3) is 0.583. The third-order valence-corrected chi connectivity index (χ3v) is 2.89. The summed E-state index contributed by atoms with van der Waals surface area (Å²) in [6.07, 6.45) is 5.62. The number of nitrogens with one attached hydrogen (secondary N) is 1. The number of methoxy groups -OCH3 is 1. The molecule has 3 N–H and O–H groups in total. The smallest absolute Gasteiger partial charge is 0.244 e. The Morgan fingerprint density at radius 3 is 3.00 bits per heavy atom. The van der Waals surface area contributed by atoms with Gasteiger partial charge in [0, 0.05) is 25.4 Å². The van der Waals surface area contributed by atoms with Crippen molar-refractivity contribution < 1.29 is 9.26 Å². The number of ether oxygens (including phenoxy) is 1. The van der Waals surface area contributed by atoms with Crippen molar-refractivity contribution in [1.29, 1.82) is 0 Å². The third kappa shape index (κ3) is 3.39. The molecule has 7 nitrogen and oxygen atoms in total. The lowest BCUT2D eigenvalue weighted by Gasteiger charge is -2.08. The van der Waals surface area contributed by atoms with E-state index < -0.39 is 0 Å². The highest BCUT2D eigenvalue weighted by Gasteiger charge is 2.20. The molecule has 2 unspecified atom stereocenters. The SMILES string of the molecule is CCCC(OC)c1noc(C(N)Cc2cnc[nH]2)n1. The molecule has 0 saturated heterocycles. The van der Waals surface area contributed by atoms with E-state index >= 15 is 0 Å². The molecule has 19 heavy (non-hydrogen) atoms. The lowest BCUT2D eigenvalue weighted by atomic mass is 10.2. The van der Waals surface area contributed by atoms with Crippen LogP contribution in [-0.2, 0) is 11.2 Å². The first-order valence-electron chi connectivity index (χ1n) is 6.33. The second kappa shape index (κ2) is 6.44. The maximum atomic E-state index is 6.03. The van der Waals surface area contributed by atoms with Gasteiger partial charge in [0.25, 0.3) is 0 Å². The summed E-state index contributed by atoms with van der Waals surface area (Å²) in [5, 5.41) is 3.94. The average molecular weight is 265 g/mol. The second-order valence-electron chi connectivity index (χ2n) is 4.39. The van der Waals surface area contributed by atoms with Gasteiger partial charge in [-0.3, -0.25) is 0 Å². The Morgan fingerprint density at radius 1 is 1.53 bits per heavy atom. The molecular formula is C12H19N5O2. The van der Waals surface area contributed by atoms with Crippen molar-refractivity contribution in [3.05, 3.63) is 29.9 Å². The van der Waals surface area contributed by atoms with E-state index in [0.29, 0.717) is 18.1 Å². The molecule has 2 atom stereocenters. The number of nitrogens with zero attached hydrogens (tertiary/aromatic N) is 3. The zero-order valence-corrected chi connectivity index (χ0v) is 11.2. The Kier molecular flexibility index (Phi) is 4.64. The van der Waals surface area contributed by atoms with Crippen LogP contribution >= 0.6 is 0 Å². The molecule has 0 fully saturated rings. The first kappa shape index (κ1) is 13.7. The van der Waals surface area contributed by atoms with Gasteiger partial charge in [0.15, 0.2) is 0 Å². The molecule has 7 heteroatoms. The van der Waals surface area contributed by atoms with Crippen molar-refractivity contribution in [2.75, 3.05) is 7.11 Å². The van der Waals surface area contributed by atoms with Crippen LogP contribution in [0.2, 0.25) is 0 Å². The van der Waals surface area contributed by atoms with Crippen LogP contribution in [0, 0.1) is 0 Å². The average Bonchev–Trinajstić information content (AvgIpc) is 3.06. The van der Waals surface area contributed by atoms with Crippen molar-refractivity contribution in [3.63, 3.8) is 0 Å². The lowest BCUT2D eigenvalue weighted by molar-refractivity contribution is 0.0854. The number of hydrogen-bond acceptors (Lipinski definition) is 6. The van der Waals surface area contributed by atoms with Crippen molar-refractivity contribution in [2.45, 2.75) is 38.3 Å². The number of imidazole rings is 1. The highest BCUT2D eigenvalue weighted by atomic mass is 16.5. The van der Waals surface area contributed by atoms with Crippen LogP contribution in [0.5, 0.6) is 0 Å². The molecule has 0 aliphatic rings. The molecule has 2 aromatic rings. The summed E-state index contributed by atoms with van der Waals surface area (Å²) in [4.78, 5) is 11.3. The standard InChI is InChI=1S/C12H19N5O2/c1-3-4-10(18-2)11-16-12(19-17-11)9(13)5-8-6-14-7-15-8/h6-7,9-10H,3-5,13H2,1-2H3,(H,14,15). The largest absolute Gasteiger partial charge is 0.373 e. The van der Waals surface area contributed by atoms with E-state index in [0.717, 1.165) is 18.5 Å². The normalized spacial score (nSPS) is 14.5. The fourth-order valence-corrected chi connectivity index (χ4v) is 1.86. The van der Waals surface area contributed by atoms with E-state index in [1.165, 1.54) is 0 Å². The number of aromatic amines is 1. The summed E-state index contributed by atoms with van der Waals surface area (Å²) in [6, 6.07) is -0.346. The Labute approximate surface area is 111 Å². The summed E-state index contributed by atoms with van der Waals surface area (Å²) in [7, 11) is 1.64. The minimum absolute atomic E-state index is 0.137. The molecule has 0 aliphatic carbocycles. The van der Waals surface area contributed by atoms with Gasteiger partial charge >= 0.3 is 0 Å². The predicted octanol–water partition coefficient (Wildman–Crippen LogP) is 1.52. The van der Waals surface area contributed by atoms with Gasteiger partial charge in [-0.1, -0.05) is 18.5 Å². The number of aromatic nitrogens is 4. The number of rotatable bonds is 7. The first-order valence-corrected chi connectivity index (χ1v) is 6.33. The molecule has 0 spiro atoms. The zero-order valence-electron chi connectivity index (χ0n) is 11.2. The van der Waals surface area contributed by atoms with Crippen molar-refractivity contribution in [3.8, 4) is 0 Å². The second-order valence-corrected chi connectivity index (χ2v) is 4.39. The molecule has 104 valence electrons. The molecule has 0 aliphatic heterocycles. The zero-order chi connectivity index (χ0) is 13.7. The summed E-state index contributed by atoms with van der Waals surface area (Å²) >= 11 is 0. The maximum absolute atomic E-state index is 6.03. The van der Waals surface area contributed by atoms with Gasteiger partial charge in [0.1, 0.15) is 6.10 Å².